The summed E-state index contributed by atoms with van der Waals surface area (Å²) in [4.78, 5) is 5.87. The van der Waals surface area contributed by atoms with Gasteiger partial charge in [0.05, 0.1) is 23.2 Å². The molecule has 0 amide bonds. The summed E-state index contributed by atoms with van der Waals surface area (Å²) in [7, 11) is 1.49. The molecule has 1 N–H and O–H groups in total. The lowest BCUT2D eigenvalue weighted by Crippen LogP contribution is -2.18. The van der Waals surface area contributed by atoms with E-state index in [4.69, 9.17) is 4.74 Å². The number of rotatable bonds is 7. The summed E-state index contributed by atoms with van der Waals surface area (Å²) in [6, 6.07) is 5.42. The van der Waals surface area contributed by atoms with Crippen LogP contribution in [0.5, 0.6) is 5.75 Å². The molecule has 2 aromatic rings. The van der Waals surface area contributed by atoms with Crippen LogP contribution in [0.15, 0.2) is 28.6 Å². The summed E-state index contributed by atoms with van der Waals surface area (Å²) in [5.74, 6) is -1.98. The van der Waals surface area contributed by atoms with E-state index >= 15 is 0 Å². The maximum Gasteiger partial charge on any atom is 0.289 e. The van der Waals surface area contributed by atoms with E-state index in [0.717, 1.165) is 17.8 Å². The number of nitrogens with zero attached hydrogens (tertiary/aromatic N) is 1. The molecule has 1 heterocycles. The van der Waals surface area contributed by atoms with E-state index in [-0.39, 0.29) is 6.04 Å². The normalized spacial score (nSPS) is 12.6. The monoisotopic (exact) mass is 344 g/mol. The maximum absolute atomic E-state index is 12.5. The molecule has 0 bridgehead atoms. The summed E-state index contributed by atoms with van der Waals surface area (Å²) < 4.78 is 30.2. The lowest BCUT2D eigenvalue weighted by molar-refractivity contribution is 0.251. The van der Waals surface area contributed by atoms with Gasteiger partial charge in [-0.25, -0.2) is 4.98 Å². The molecule has 0 fully saturated rings. The van der Waals surface area contributed by atoms with Gasteiger partial charge in [0.25, 0.3) is 5.76 Å². The van der Waals surface area contributed by atoms with Gasteiger partial charge in [0.1, 0.15) is 5.75 Å². The Morgan fingerprint density at radius 2 is 2.18 bits per heavy atom. The van der Waals surface area contributed by atoms with Crippen LogP contribution in [0.4, 0.5) is 8.78 Å². The zero-order valence-corrected chi connectivity index (χ0v) is 14.2. The molecular weight excluding hydrogens is 326 g/mol. The Bertz CT molecular complexity index is 619. The van der Waals surface area contributed by atoms with Gasteiger partial charge in [-0.15, -0.1) is 11.3 Å². The highest BCUT2D eigenvalue weighted by Crippen LogP contribution is 2.35. The van der Waals surface area contributed by atoms with Crippen molar-refractivity contribution in [3.63, 3.8) is 0 Å². The van der Waals surface area contributed by atoms with E-state index in [1.54, 1.807) is 17.4 Å². The third kappa shape index (κ3) is 4.41. The van der Waals surface area contributed by atoms with Crippen LogP contribution in [0.25, 0.3) is 0 Å². The minimum absolute atomic E-state index is 0.0843. The van der Waals surface area contributed by atoms with Crippen molar-refractivity contribution >= 4 is 23.1 Å². The quantitative estimate of drug-likeness (QED) is 0.743. The molecule has 22 heavy (non-hydrogen) atoms. The Hall–Kier alpha value is -1.18. The number of hydrogen-bond donors (Lipinski definition) is 1. The number of aromatic nitrogens is 1. The van der Waals surface area contributed by atoms with Crippen molar-refractivity contribution in [1.29, 1.82) is 0 Å². The molecule has 120 valence electrons. The van der Waals surface area contributed by atoms with Gasteiger partial charge in [0, 0.05) is 17.5 Å². The zero-order valence-electron chi connectivity index (χ0n) is 12.6. The molecule has 1 aromatic carbocycles. The molecule has 1 aromatic heterocycles. The Morgan fingerprint density at radius 3 is 2.77 bits per heavy atom. The van der Waals surface area contributed by atoms with Gasteiger partial charge in [-0.2, -0.15) is 8.78 Å². The van der Waals surface area contributed by atoms with E-state index in [0.29, 0.717) is 22.4 Å². The third-order valence-corrected chi connectivity index (χ3v) is 5.02. The minimum Gasteiger partial charge on any atom is -0.496 e. The predicted molar refractivity (Wildman–Crippen MR) is 87.0 cm³/mol. The largest absolute Gasteiger partial charge is 0.496 e. The lowest BCUT2D eigenvalue weighted by atomic mass is 10.1. The molecule has 0 aliphatic carbocycles. The molecule has 3 nitrogen and oxygen atoms in total. The number of aryl methyl sites for hydroxylation is 1. The van der Waals surface area contributed by atoms with E-state index < -0.39 is 5.76 Å². The molecule has 0 aliphatic heterocycles. The Kier molecular flexibility index (Phi) is 6.16. The lowest BCUT2D eigenvalue weighted by Gasteiger charge is -2.16. The van der Waals surface area contributed by atoms with Gasteiger partial charge >= 0.3 is 0 Å². The van der Waals surface area contributed by atoms with Crippen molar-refractivity contribution in [2.24, 2.45) is 0 Å². The highest BCUT2D eigenvalue weighted by atomic mass is 32.2. The molecule has 0 aliphatic rings. The molecular formula is C15H18F2N2OS2. The summed E-state index contributed by atoms with van der Waals surface area (Å²) in [5.41, 5.74) is 3.86. The van der Waals surface area contributed by atoms with Crippen LogP contribution in [0.3, 0.4) is 0 Å². The fraction of sp³-hybridized carbons (Fsp3) is 0.400. The Balaban J connectivity index is 2.06. The van der Waals surface area contributed by atoms with Crippen LogP contribution in [0.2, 0.25) is 0 Å². The molecule has 7 heteroatoms. The molecule has 0 saturated heterocycles. The van der Waals surface area contributed by atoms with Crippen molar-refractivity contribution in [1.82, 2.24) is 10.3 Å². The molecule has 0 unspecified atom stereocenters. The number of ether oxygens (including phenoxy) is 1. The first-order valence-corrected chi connectivity index (χ1v) is 8.52. The zero-order chi connectivity index (χ0) is 16.1. The molecule has 0 radical (unpaired) electrons. The van der Waals surface area contributed by atoms with Crippen molar-refractivity contribution in [3.8, 4) is 5.75 Å². The number of thiazole rings is 1. The summed E-state index contributed by atoms with van der Waals surface area (Å²) in [5, 5.41) is 3.41. The number of halogens is 2. The average molecular weight is 344 g/mol. The van der Waals surface area contributed by atoms with E-state index in [9.17, 15) is 8.78 Å². The van der Waals surface area contributed by atoms with Crippen LogP contribution in [0.1, 0.15) is 29.1 Å². The number of alkyl halides is 2. The number of benzene rings is 1. The van der Waals surface area contributed by atoms with Crippen LogP contribution in [0, 0.1) is 6.92 Å². The van der Waals surface area contributed by atoms with Gasteiger partial charge in [0.15, 0.2) is 0 Å². The second-order valence-corrected chi connectivity index (χ2v) is 6.72. The standard InChI is InChI=1S/C15H18F2N2OS2/c1-9(18-7-14-10(2)19-8-21-14)11-4-5-13(22-15(16)17)12(6-11)20-3/h4-6,8-9,15,18H,7H2,1-3H3/t9-/m0/s1. The second kappa shape index (κ2) is 7.89. The van der Waals surface area contributed by atoms with Gasteiger partial charge in [0.2, 0.25) is 0 Å². The van der Waals surface area contributed by atoms with Gasteiger partial charge < -0.3 is 10.1 Å². The van der Waals surface area contributed by atoms with E-state index in [2.05, 4.69) is 10.3 Å². The number of methoxy groups -OCH3 is 1. The van der Waals surface area contributed by atoms with Crippen molar-refractivity contribution in [2.75, 3.05) is 7.11 Å². The highest BCUT2D eigenvalue weighted by Gasteiger charge is 2.14. The van der Waals surface area contributed by atoms with Crippen LogP contribution < -0.4 is 10.1 Å². The van der Waals surface area contributed by atoms with E-state index in [1.165, 1.54) is 12.0 Å². The average Bonchev–Trinajstić information content (AvgIpc) is 2.90. The molecule has 0 saturated carbocycles. The van der Waals surface area contributed by atoms with Gasteiger partial charge in [-0.1, -0.05) is 17.8 Å². The molecule has 0 spiro atoms. The second-order valence-electron chi connectivity index (χ2n) is 4.75. The summed E-state index contributed by atoms with van der Waals surface area (Å²) in [6.07, 6.45) is 0. The van der Waals surface area contributed by atoms with Gasteiger partial charge in [-0.05, 0) is 31.5 Å². The molecule has 1 atom stereocenters. The Morgan fingerprint density at radius 1 is 1.41 bits per heavy atom. The predicted octanol–water partition coefficient (Wildman–Crippen LogP) is 4.63. The summed E-state index contributed by atoms with van der Waals surface area (Å²) >= 11 is 2.12. The topological polar surface area (TPSA) is 34.1 Å². The Labute approximate surface area is 137 Å². The minimum atomic E-state index is -2.45. The number of nitrogens with one attached hydrogen (secondary N) is 1. The fourth-order valence-electron chi connectivity index (χ4n) is 2.01. The van der Waals surface area contributed by atoms with Crippen LogP contribution >= 0.6 is 23.1 Å². The smallest absolute Gasteiger partial charge is 0.289 e. The first-order valence-electron chi connectivity index (χ1n) is 6.76. The first kappa shape index (κ1) is 17.2. The van der Waals surface area contributed by atoms with E-state index in [1.807, 2.05) is 31.5 Å². The van der Waals surface area contributed by atoms with Crippen LogP contribution in [-0.4, -0.2) is 17.9 Å². The maximum atomic E-state index is 12.5. The van der Waals surface area contributed by atoms with Crippen molar-refractivity contribution < 1.29 is 13.5 Å². The van der Waals surface area contributed by atoms with Crippen LogP contribution in [-0.2, 0) is 6.54 Å². The summed E-state index contributed by atoms with van der Waals surface area (Å²) in [6.45, 7) is 4.75. The number of hydrogen-bond acceptors (Lipinski definition) is 5. The SMILES string of the molecule is COc1cc([C@H](C)NCc2scnc2C)ccc1SC(F)F. The number of thioether (sulfide) groups is 1. The van der Waals surface area contributed by atoms with Crippen molar-refractivity contribution in [3.05, 3.63) is 39.8 Å². The van der Waals surface area contributed by atoms with Gasteiger partial charge in [-0.3, -0.25) is 0 Å². The molecule has 2 rings (SSSR count). The highest BCUT2D eigenvalue weighted by molar-refractivity contribution is 7.99. The first-order chi connectivity index (χ1) is 10.5. The third-order valence-electron chi connectivity index (χ3n) is 3.32. The van der Waals surface area contributed by atoms with Crippen molar-refractivity contribution in [2.45, 2.75) is 37.1 Å². The fourth-order valence-corrected chi connectivity index (χ4v) is 3.33.